The van der Waals surface area contributed by atoms with Gasteiger partial charge in [-0.15, -0.1) is 6.58 Å². The average molecular weight is 212 g/mol. The molecule has 6 nitrogen and oxygen atoms in total. The molecule has 0 aromatic carbocycles. The Balaban J connectivity index is 3.13. The second-order valence-corrected chi connectivity index (χ2v) is 3.41. The molecular formula is C9H12N2O4. The largest absolute Gasteiger partial charge is 0.479 e. The first kappa shape index (κ1) is 11.2. The van der Waals surface area contributed by atoms with Gasteiger partial charge in [-0.1, -0.05) is 6.08 Å². The Morgan fingerprint density at radius 1 is 1.73 bits per heavy atom. The van der Waals surface area contributed by atoms with Gasteiger partial charge in [0.1, 0.15) is 0 Å². The molecule has 82 valence electrons. The lowest BCUT2D eigenvalue weighted by molar-refractivity contribution is -0.161. The second kappa shape index (κ2) is 3.72. The van der Waals surface area contributed by atoms with Crippen LogP contribution in [0.3, 0.4) is 0 Å². The Hall–Kier alpha value is -1.85. The molecule has 1 saturated heterocycles. The van der Waals surface area contributed by atoms with Gasteiger partial charge in [0.25, 0.3) is 5.91 Å². The van der Waals surface area contributed by atoms with Crippen molar-refractivity contribution in [1.82, 2.24) is 10.2 Å². The van der Waals surface area contributed by atoms with Crippen LogP contribution < -0.4 is 5.32 Å². The molecule has 0 saturated carbocycles. The number of carbonyl (C=O) groups is 3. The van der Waals surface area contributed by atoms with Crippen molar-refractivity contribution >= 4 is 17.8 Å². The number of aliphatic carboxylic acids is 1. The number of rotatable bonds is 3. The van der Waals surface area contributed by atoms with Crippen LogP contribution >= 0.6 is 0 Å². The summed E-state index contributed by atoms with van der Waals surface area (Å²) >= 11 is 0. The molecule has 2 N–H and O–H groups in total. The van der Waals surface area contributed by atoms with Crippen LogP contribution in [-0.2, 0) is 14.4 Å². The molecule has 0 radical (unpaired) electrons. The third kappa shape index (κ3) is 1.70. The molecule has 15 heavy (non-hydrogen) atoms. The minimum absolute atomic E-state index is 0.120. The van der Waals surface area contributed by atoms with Gasteiger partial charge in [-0.2, -0.15) is 0 Å². The van der Waals surface area contributed by atoms with Gasteiger partial charge in [0, 0.05) is 13.5 Å². The molecule has 6 heteroatoms. The predicted molar refractivity (Wildman–Crippen MR) is 51.0 cm³/mol. The van der Waals surface area contributed by atoms with E-state index in [1.807, 2.05) is 0 Å². The quantitative estimate of drug-likeness (QED) is 0.463. The zero-order valence-electron chi connectivity index (χ0n) is 8.32. The number of hydrogen-bond donors (Lipinski definition) is 2. The lowest BCUT2D eigenvalue weighted by atomic mass is 9.91. The molecule has 1 heterocycles. The molecule has 2 amide bonds. The second-order valence-electron chi connectivity index (χ2n) is 3.41. The maximum Gasteiger partial charge on any atom is 0.339 e. The van der Waals surface area contributed by atoms with Gasteiger partial charge in [-0.3, -0.25) is 9.59 Å². The van der Waals surface area contributed by atoms with E-state index >= 15 is 0 Å². The molecule has 1 aliphatic heterocycles. The van der Waals surface area contributed by atoms with Crippen molar-refractivity contribution in [2.75, 3.05) is 13.6 Å². The van der Waals surface area contributed by atoms with Crippen LogP contribution in [0, 0.1) is 0 Å². The van der Waals surface area contributed by atoms with E-state index in [0.717, 1.165) is 4.90 Å². The summed E-state index contributed by atoms with van der Waals surface area (Å²) in [5.41, 5.74) is -1.88. The van der Waals surface area contributed by atoms with Crippen molar-refractivity contribution in [2.45, 2.75) is 12.0 Å². The molecule has 1 rings (SSSR count). The van der Waals surface area contributed by atoms with Crippen molar-refractivity contribution in [1.29, 1.82) is 0 Å². The fourth-order valence-corrected chi connectivity index (χ4v) is 1.53. The van der Waals surface area contributed by atoms with Crippen molar-refractivity contribution < 1.29 is 19.5 Å². The molecule has 0 aromatic rings. The molecule has 1 atom stereocenters. The summed E-state index contributed by atoms with van der Waals surface area (Å²) in [6.07, 6.45) is 1.17. The fraction of sp³-hybridized carbons (Fsp3) is 0.444. The first-order chi connectivity index (χ1) is 6.94. The number of nitrogens with zero attached hydrogens (tertiary/aromatic N) is 1. The maximum atomic E-state index is 11.7. The van der Waals surface area contributed by atoms with Crippen LogP contribution in [0.4, 0.5) is 0 Å². The first-order valence-corrected chi connectivity index (χ1v) is 4.35. The van der Waals surface area contributed by atoms with Gasteiger partial charge >= 0.3 is 5.97 Å². The third-order valence-electron chi connectivity index (χ3n) is 2.26. The van der Waals surface area contributed by atoms with Gasteiger partial charge < -0.3 is 15.3 Å². The topological polar surface area (TPSA) is 86.7 Å². The van der Waals surface area contributed by atoms with Gasteiger partial charge in [-0.25, -0.2) is 4.79 Å². The van der Waals surface area contributed by atoms with Crippen LogP contribution in [0.25, 0.3) is 0 Å². The molecule has 0 bridgehead atoms. The highest BCUT2D eigenvalue weighted by atomic mass is 16.4. The van der Waals surface area contributed by atoms with Crippen LogP contribution in [0.1, 0.15) is 6.42 Å². The molecule has 0 aromatic heterocycles. The Labute approximate surface area is 86.6 Å². The number of carboxylic acids is 1. The lowest BCUT2D eigenvalue weighted by Crippen LogP contribution is -2.69. The average Bonchev–Trinajstić information content (AvgIpc) is 2.13. The SMILES string of the molecule is C=CCC1(C(=O)O)NC(=O)CN(C)C1=O. The Kier molecular flexibility index (Phi) is 2.78. The number of piperazine rings is 1. The smallest absolute Gasteiger partial charge is 0.339 e. The summed E-state index contributed by atoms with van der Waals surface area (Å²) in [6, 6.07) is 0. The van der Waals surface area contributed by atoms with E-state index in [1.165, 1.54) is 13.1 Å². The Morgan fingerprint density at radius 3 is 2.80 bits per heavy atom. The zero-order valence-corrected chi connectivity index (χ0v) is 8.32. The number of carbonyl (C=O) groups excluding carboxylic acids is 2. The molecule has 1 unspecified atom stereocenters. The Bertz CT molecular complexity index is 339. The first-order valence-electron chi connectivity index (χ1n) is 4.35. The highest BCUT2D eigenvalue weighted by Gasteiger charge is 2.51. The predicted octanol–water partition coefficient (Wildman–Crippen LogP) is -1.03. The number of nitrogens with one attached hydrogen (secondary N) is 1. The number of amides is 2. The number of carboxylic acid groups (broad SMARTS) is 1. The van der Waals surface area contributed by atoms with E-state index in [2.05, 4.69) is 11.9 Å². The summed E-state index contributed by atoms with van der Waals surface area (Å²) in [4.78, 5) is 35.1. The van der Waals surface area contributed by atoms with Crippen molar-refractivity contribution in [2.24, 2.45) is 0 Å². The normalized spacial score (nSPS) is 26.1. The third-order valence-corrected chi connectivity index (χ3v) is 2.26. The zero-order chi connectivity index (χ0) is 11.6. The Morgan fingerprint density at radius 2 is 2.33 bits per heavy atom. The maximum absolute atomic E-state index is 11.7. The summed E-state index contributed by atoms with van der Waals surface area (Å²) in [5.74, 6) is -2.48. The lowest BCUT2D eigenvalue weighted by Gasteiger charge is -2.36. The number of likely N-dealkylation sites (N-methyl/N-ethyl adjacent to an activating group) is 1. The van der Waals surface area contributed by atoms with E-state index in [1.54, 1.807) is 0 Å². The highest BCUT2D eigenvalue weighted by Crippen LogP contribution is 2.18. The summed E-state index contributed by atoms with van der Waals surface area (Å²) in [6.45, 7) is 3.26. The van der Waals surface area contributed by atoms with E-state index < -0.39 is 23.3 Å². The van der Waals surface area contributed by atoms with Crippen LogP contribution in [-0.4, -0.2) is 46.9 Å². The van der Waals surface area contributed by atoms with E-state index in [9.17, 15) is 14.4 Å². The van der Waals surface area contributed by atoms with Crippen molar-refractivity contribution in [3.05, 3.63) is 12.7 Å². The monoisotopic (exact) mass is 212 g/mol. The summed E-state index contributed by atoms with van der Waals surface area (Å²) < 4.78 is 0. The molecule has 1 fully saturated rings. The van der Waals surface area contributed by atoms with Gasteiger partial charge in [-0.05, 0) is 0 Å². The van der Waals surface area contributed by atoms with Gasteiger partial charge in [0.15, 0.2) is 0 Å². The molecule has 0 spiro atoms. The molecular weight excluding hydrogens is 200 g/mol. The standard InChI is InChI=1S/C9H12N2O4/c1-3-4-9(8(14)15)7(13)11(2)5-6(12)10-9/h3H,1,4-5H2,2H3,(H,10,12)(H,14,15). The molecule has 0 aliphatic carbocycles. The van der Waals surface area contributed by atoms with E-state index in [-0.39, 0.29) is 13.0 Å². The number of hydrogen-bond acceptors (Lipinski definition) is 3. The van der Waals surface area contributed by atoms with Crippen LogP contribution in [0.15, 0.2) is 12.7 Å². The minimum Gasteiger partial charge on any atom is -0.479 e. The van der Waals surface area contributed by atoms with E-state index in [4.69, 9.17) is 5.11 Å². The van der Waals surface area contributed by atoms with Crippen LogP contribution in [0.5, 0.6) is 0 Å². The van der Waals surface area contributed by atoms with Gasteiger partial charge in [0.2, 0.25) is 11.4 Å². The van der Waals surface area contributed by atoms with Crippen molar-refractivity contribution in [3.63, 3.8) is 0 Å². The molecule has 1 aliphatic rings. The van der Waals surface area contributed by atoms with E-state index in [0.29, 0.717) is 0 Å². The van der Waals surface area contributed by atoms with Gasteiger partial charge in [0.05, 0.1) is 6.54 Å². The van der Waals surface area contributed by atoms with Crippen molar-refractivity contribution in [3.8, 4) is 0 Å². The fourth-order valence-electron chi connectivity index (χ4n) is 1.53. The summed E-state index contributed by atoms with van der Waals surface area (Å²) in [5, 5.41) is 11.2. The summed E-state index contributed by atoms with van der Waals surface area (Å²) in [7, 11) is 1.39. The minimum atomic E-state index is -1.88. The van der Waals surface area contributed by atoms with Crippen LogP contribution in [0.2, 0.25) is 0 Å². The highest BCUT2D eigenvalue weighted by molar-refractivity contribution is 6.12.